The zero-order valence-corrected chi connectivity index (χ0v) is 20.8. The predicted molar refractivity (Wildman–Crippen MR) is 138 cm³/mol. The molecule has 1 aliphatic rings. The van der Waals surface area contributed by atoms with Gasteiger partial charge < -0.3 is 16.0 Å². The molecule has 0 aliphatic carbocycles. The summed E-state index contributed by atoms with van der Waals surface area (Å²) in [4.78, 5) is 28.1. The van der Waals surface area contributed by atoms with Gasteiger partial charge >= 0.3 is 0 Å². The molecule has 1 fully saturated rings. The van der Waals surface area contributed by atoms with Crippen molar-refractivity contribution in [1.82, 2.24) is 10.2 Å². The molecule has 3 N–H and O–H groups in total. The fourth-order valence-electron chi connectivity index (χ4n) is 4.33. The molecule has 7 heteroatoms. The van der Waals surface area contributed by atoms with Crippen molar-refractivity contribution < 1.29 is 9.59 Å². The monoisotopic (exact) mass is 485 g/mol. The second-order valence-electron chi connectivity index (χ2n) is 9.22. The van der Waals surface area contributed by atoms with E-state index >= 15 is 0 Å². The summed E-state index contributed by atoms with van der Waals surface area (Å²) >= 11 is 1.66. The van der Waals surface area contributed by atoms with Crippen molar-refractivity contribution in [3.63, 3.8) is 0 Å². The maximum absolute atomic E-state index is 13.5. The number of likely N-dealkylation sites (tertiary alicyclic amines) is 1. The molecule has 2 amide bonds. The molecule has 4 rings (SSSR count). The lowest BCUT2D eigenvalue weighted by Gasteiger charge is -2.35. The summed E-state index contributed by atoms with van der Waals surface area (Å²) < 4.78 is 1.18. The number of hydrogen-bond donors (Lipinski definition) is 2. The number of fused-ring (bicyclic) bond motifs is 1. The number of benzene rings is 2. The molecule has 1 unspecified atom stereocenters. The minimum atomic E-state index is -1.05. The predicted octanol–water partition coefficient (Wildman–Crippen LogP) is 4.49. The van der Waals surface area contributed by atoms with E-state index in [-0.39, 0.29) is 24.2 Å². The molecular formula is C26H32ClN3O2S. The van der Waals surface area contributed by atoms with Crippen molar-refractivity contribution in [1.29, 1.82) is 0 Å². The molecule has 3 aromatic rings. The first-order chi connectivity index (χ1) is 15.3. The van der Waals surface area contributed by atoms with Gasteiger partial charge in [0, 0.05) is 24.2 Å². The minimum Gasteiger partial charge on any atom is -0.342 e. The smallest absolute Gasteiger partial charge is 0.245 e. The zero-order chi connectivity index (χ0) is 22.7. The number of nitrogens with zero attached hydrogens (tertiary/aromatic N) is 1. The molecule has 2 heterocycles. The van der Waals surface area contributed by atoms with E-state index in [4.69, 9.17) is 5.73 Å². The minimum absolute atomic E-state index is 0. The Morgan fingerprint density at radius 1 is 1.09 bits per heavy atom. The lowest BCUT2D eigenvalue weighted by atomic mass is 9.89. The Kier molecular flexibility index (Phi) is 8.16. The lowest BCUT2D eigenvalue weighted by Crippen LogP contribution is -2.57. The van der Waals surface area contributed by atoms with Gasteiger partial charge in [0.1, 0.15) is 6.04 Å². The summed E-state index contributed by atoms with van der Waals surface area (Å²) in [5.74, 6) is 0.135. The van der Waals surface area contributed by atoms with Crippen molar-refractivity contribution in [2.75, 3.05) is 13.1 Å². The molecular weight excluding hydrogens is 454 g/mol. The van der Waals surface area contributed by atoms with E-state index in [9.17, 15) is 9.59 Å². The summed E-state index contributed by atoms with van der Waals surface area (Å²) in [6, 6.07) is 18.0. The van der Waals surface area contributed by atoms with Crippen LogP contribution in [0.15, 0.2) is 60.0 Å². The summed E-state index contributed by atoms with van der Waals surface area (Å²) in [6.45, 7) is 4.72. The average molecular weight is 486 g/mol. The number of hydrogen-bond acceptors (Lipinski definition) is 4. The highest BCUT2D eigenvalue weighted by atomic mass is 35.5. The highest BCUT2D eigenvalue weighted by Gasteiger charge is 2.33. The van der Waals surface area contributed by atoms with E-state index in [1.54, 1.807) is 25.2 Å². The van der Waals surface area contributed by atoms with Gasteiger partial charge in [0.25, 0.3) is 0 Å². The van der Waals surface area contributed by atoms with Gasteiger partial charge in [-0.25, -0.2) is 0 Å². The largest absolute Gasteiger partial charge is 0.342 e. The summed E-state index contributed by atoms with van der Waals surface area (Å²) in [6.07, 6.45) is 2.32. The number of nitrogens with one attached hydrogen (secondary N) is 1. The van der Waals surface area contributed by atoms with E-state index in [0.29, 0.717) is 25.4 Å². The number of rotatable bonds is 6. The Morgan fingerprint density at radius 2 is 1.73 bits per heavy atom. The Balaban J connectivity index is 0.00000306. The van der Waals surface area contributed by atoms with E-state index in [2.05, 4.69) is 47.1 Å². The van der Waals surface area contributed by atoms with Crippen molar-refractivity contribution in [2.24, 2.45) is 5.73 Å². The number of thiophene rings is 1. The van der Waals surface area contributed by atoms with Crippen molar-refractivity contribution in [3.8, 4) is 0 Å². The first kappa shape index (κ1) is 25.2. The van der Waals surface area contributed by atoms with Gasteiger partial charge in [0.2, 0.25) is 11.8 Å². The number of carbonyl (C=O) groups excluding carboxylic acids is 2. The quantitative estimate of drug-likeness (QED) is 0.540. The normalized spacial score (nSPS) is 15.7. The third-order valence-electron chi connectivity index (χ3n) is 6.25. The van der Waals surface area contributed by atoms with Crippen LogP contribution in [0, 0.1) is 0 Å². The van der Waals surface area contributed by atoms with Gasteiger partial charge in [0.05, 0.1) is 5.54 Å². The van der Waals surface area contributed by atoms with Crippen molar-refractivity contribution in [3.05, 3.63) is 71.1 Å². The van der Waals surface area contributed by atoms with Gasteiger partial charge in [-0.2, -0.15) is 0 Å². The van der Waals surface area contributed by atoms with Crippen LogP contribution >= 0.6 is 23.7 Å². The van der Waals surface area contributed by atoms with Crippen molar-refractivity contribution in [2.45, 2.75) is 50.6 Å². The third-order valence-corrected chi connectivity index (χ3v) is 7.26. The fraction of sp³-hybridized carbons (Fsp3) is 0.385. The number of halogens is 1. The Morgan fingerprint density at radius 3 is 2.39 bits per heavy atom. The molecule has 0 bridgehead atoms. The third kappa shape index (κ3) is 5.94. The standard InChI is InChI=1S/C26H31N3O2S.ClH/c1-26(2,27)25(31)28-22(16-20-17-32-23-11-7-6-10-21(20)23)24(30)29-14-12-19(13-15-29)18-8-4-3-5-9-18;/h3-11,17,19,22H,12-16,27H2,1-2H3,(H,28,31);1H. The number of nitrogens with two attached hydrogens (primary N) is 1. The van der Waals surface area contributed by atoms with Crippen LogP contribution < -0.4 is 11.1 Å². The molecule has 0 radical (unpaired) electrons. The molecule has 2 aromatic carbocycles. The Bertz CT molecular complexity index is 1090. The van der Waals surface area contributed by atoms with Crippen LogP contribution in [0.25, 0.3) is 10.1 Å². The molecule has 33 heavy (non-hydrogen) atoms. The highest BCUT2D eigenvalue weighted by Crippen LogP contribution is 2.29. The number of piperidine rings is 1. The van der Waals surface area contributed by atoms with Crippen LogP contribution in [-0.2, 0) is 16.0 Å². The van der Waals surface area contributed by atoms with Crippen LogP contribution in [0.5, 0.6) is 0 Å². The number of carbonyl (C=O) groups is 2. The van der Waals surface area contributed by atoms with Crippen LogP contribution in [0.2, 0.25) is 0 Å². The molecule has 176 valence electrons. The summed E-state index contributed by atoms with van der Waals surface area (Å²) in [7, 11) is 0. The fourth-order valence-corrected chi connectivity index (χ4v) is 5.31. The molecule has 0 spiro atoms. The molecule has 5 nitrogen and oxygen atoms in total. The van der Waals surface area contributed by atoms with Gasteiger partial charge in [-0.3, -0.25) is 9.59 Å². The summed E-state index contributed by atoms with van der Waals surface area (Å²) in [5.41, 5.74) is 7.39. The van der Waals surface area contributed by atoms with E-state index < -0.39 is 11.6 Å². The maximum Gasteiger partial charge on any atom is 0.245 e. The molecule has 1 aromatic heterocycles. The van der Waals surface area contributed by atoms with Gasteiger partial charge in [-0.1, -0.05) is 48.5 Å². The number of amides is 2. The van der Waals surface area contributed by atoms with Gasteiger partial charge in [-0.15, -0.1) is 23.7 Å². The lowest BCUT2D eigenvalue weighted by molar-refractivity contribution is -0.138. The van der Waals surface area contributed by atoms with Crippen LogP contribution in [-0.4, -0.2) is 41.4 Å². The first-order valence-corrected chi connectivity index (χ1v) is 12.1. The first-order valence-electron chi connectivity index (χ1n) is 11.2. The second kappa shape index (κ2) is 10.7. The van der Waals surface area contributed by atoms with Crippen LogP contribution in [0.3, 0.4) is 0 Å². The molecule has 0 saturated carbocycles. The molecule has 1 saturated heterocycles. The summed E-state index contributed by atoms with van der Waals surface area (Å²) in [5, 5.41) is 6.18. The van der Waals surface area contributed by atoms with Gasteiger partial charge in [0.15, 0.2) is 0 Å². The van der Waals surface area contributed by atoms with Crippen molar-refractivity contribution >= 4 is 45.6 Å². The Labute approximate surface area is 205 Å². The average Bonchev–Trinajstić information content (AvgIpc) is 3.21. The SMILES string of the molecule is CC(C)(N)C(=O)NC(Cc1csc2ccccc12)C(=O)N1CCC(c2ccccc2)CC1.Cl. The van der Waals surface area contributed by atoms with Gasteiger partial charge in [-0.05, 0) is 60.6 Å². The topological polar surface area (TPSA) is 75.4 Å². The van der Waals surface area contributed by atoms with E-state index in [1.807, 2.05) is 23.1 Å². The molecule has 1 atom stereocenters. The second-order valence-corrected chi connectivity index (χ2v) is 10.1. The van der Waals surface area contributed by atoms with Crippen LogP contribution in [0.1, 0.15) is 43.7 Å². The van der Waals surface area contributed by atoms with E-state index in [0.717, 1.165) is 23.8 Å². The Hall–Kier alpha value is -2.41. The highest BCUT2D eigenvalue weighted by molar-refractivity contribution is 7.17. The molecule has 1 aliphatic heterocycles. The zero-order valence-electron chi connectivity index (χ0n) is 19.1. The van der Waals surface area contributed by atoms with E-state index in [1.165, 1.54) is 10.3 Å². The van der Waals surface area contributed by atoms with Crippen LogP contribution in [0.4, 0.5) is 0 Å². The maximum atomic E-state index is 13.5.